The second-order valence-electron chi connectivity index (χ2n) is 4.60. The van der Waals surface area contributed by atoms with Crippen LogP contribution in [0.25, 0.3) is 11.0 Å². The molecule has 0 bridgehead atoms. The summed E-state index contributed by atoms with van der Waals surface area (Å²) in [7, 11) is 0. The fourth-order valence-electron chi connectivity index (χ4n) is 2.24. The summed E-state index contributed by atoms with van der Waals surface area (Å²) in [5, 5.41) is 1.04. The zero-order valence-corrected chi connectivity index (χ0v) is 13.8. The molecule has 0 fully saturated rings. The Morgan fingerprint density at radius 3 is 2.65 bits per heavy atom. The first-order valence-corrected chi connectivity index (χ1v) is 7.87. The summed E-state index contributed by atoms with van der Waals surface area (Å²) in [6, 6.07) is 3.64. The number of alkyl halides is 1. The van der Waals surface area contributed by atoms with Crippen LogP contribution in [0, 0.1) is 0 Å². The number of benzene rings is 1. The standard InChI is InChI=1S/C14H17Cl3N2O/c1-3-20-9(2)8-19-13-7-11(17)10(16)6-12(13)18-14(19)4-5-15/h6-7,9H,3-5,8H2,1-2H3. The normalized spacial score (nSPS) is 13.1. The number of aromatic nitrogens is 2. The van der Waals surface area contributed by atoms with Gasteiger partial charge in [-0.1, -0.05) is 23.2 Å². The highest BCUT2D eigenvalue weighted by molar-refractivity contribution is 6.42. The van der Waals surface area contributed by atoms with Gasteiger partial charge >= 0.3 is 0 Å². The van der Waals surface area contributed by atoms with Crippen molar-refractivity contribution in [3.8, 4) is 0 Å². The maximum Gasteiger partial charge on any atom is 0.111 e. The molecule has 1 atom stereocenters. The number of imidazole rings is 1. The molecule has 0 aliphatic rings. The molecule has 3 nitrogen and oxygen atoms in total. The zero-order chi connectivity index (χ0) is 14.7. The molecule has 0 N–H and O–H groups in total. The van der Waals surface area contributed by atoms with Crippen molar-refractivity contribution < 1.29 is 4.74 Å². The lowest BCUT2D eigenvalue weighted by atomic mass is 10.3. The fraction of sp³-hybridized carbons (Fsp3) is 0.500. The molecule has 1 aromatic heterocycles. The average molecular weight is 336 g/mol. The Bertz CT molecular complexity index is 598. The molecule has 0 aliphatic heterocycles. The van der Waals surface area contributed by atoms with E-state index in [0.29, 0.717) is 35.5 Å². The average Bonchev–Trinajstić information content (AvgIpc) is 2.69. The summed E-state index contributed by atoms with van der Waals surface area (Å²) < 4.78 is 7.72. The van der Waals surface area contributed by atoms with Crippen LogP contribution in [0.3, 0.4) is 0 Å². The highest BCUT2D eigenvalue weighted by Gasteiger charge is 2.15. The Morgan fingerprint density at radius 2 is 2.00 bits per heavy atom. The van der Waals surface area contributed by atoms with Crippen molar-refractivity contribution in [2.45, 2.75) is 32.9 Å². The largest absolute Gasteiger partial charge is 0.377 e. The number of rotatable bonds is 6. The number of nitrogens with zero attached hydrogens (tertiary/aromatic N) is 2. The van der Waals surface area contributed by atoms with Gasteiger partial charge in [-0.25, -0.2) is 4.98 Å². The van der Waals surface area contributed by atoms with Gasteiger partial charge in [-0.3, -0.25) is 0 Å². The predicted octanol–water partition coefficient (Wildman–Crippen LogP) is 4.55. The molecule has 2 rings (SSSR count). The second-order valence-corrected chi connectivity index (χ2v) is 5.79. The molecule has 0 radical (unpaired) electrons. The van der Waals surface area contributed by atoms with Crippen molar-refractivity contribution in [3.63, 3.8) is 0 Å². The minimum atomic E-state index is 0.0981. The van der Waals surface area contributed by atoms with Crippen molar-refractivity contribution in [1.82, 2.24) is 9.55 Å². The molecule has 6 heteroatoms. The molecule has 2 aromatic rings. The third-order valence-electron chi connectivity index (χ3n) is 3.08. The molecule has 1 heterocycles. The molecule has 0 aliphatic carbocycles. The van der Waals surface area contributed by atoms with Gasteiger partial charge in [-0.15, -0.1) is 11.6 Å². The van der Waals surface area contributed by atoms with Gasteiger partial charge in [-0.05, 0) is 26.0 Å². The van der Waals surface area contributed by atoms with Crippen molar-refractivity contribution >= 4 is 45.8 Å². The molecule has 20 heavy (non-hydrogen) atoms. The molecule has 0 saturated heterocycles. The number of hydrogen-bond donors (Lipinski definition) is 0. The van der Waals surface area contributed by atoms with Crippen molar-refractivity contribution in [2.75, 3.05) is 12.5 Å². The number of hydrogen-bond acceptors (Lipinski definition) is 2. The molecular formula is C14H17Cl3N2O. The van der Waals surface area contributed by atoms with Gasteiger partial charge in [0.25, 0.3) is 0 Å². The van der Waals surface area contributed by atoms with Crippen molar-refractivity contribution in [1.29, 1.82) is 0 Å². The molecule has 0 spiro atoms. The van der Waals surface area contributed by atoms with Crippen LogP contribution in [0.4, 0.5) is 0 Å². The first kappa shape index (κ1) is 15.9. The fourth-order valence-corrected chi connectivity index (χ4v) is 2.73. The van der Waals surface area contributed by atoms with E-state index >= 15 is 0 Å². The maximum atomic E-state index is 6.11. The van der Waals surface area contributed by atoms with E-state index < -0.39 is 0 Å². The van der Waals surface area contributed by atoms with Crippen LogP contribution in [-0.2, 0) is 17.7 Å². The smallest absolute Gasteiger partial charge is 0.111 e. The van der Waals surface area contributed by atoms with Gasteiger partial charge in [0.1, 0.15) is 5.82 Å². The van der Waals surface area contributed by atoms with Gasteiger partial charge in [0.15, 0.2) is 0 Å². The van der Waals surface area contributed by atoms with Crippen LogP contribution >= 0.6 is 34.8 Å². The van der Waals surface area contributed by atoms with Crippen molar-refractivity contribution in [2.24, 2.45) is 0 Å². The highest BCUT2D eigenvalue weighted by atomic mass is 35.5. The van der Waals surface area contributed by atoms with E-state index in [4.69, 9.17) is 39.5 Å². The maximum absolute atomic E-state index is 6.11. The molecule has 1 unspecified atom stereocenters. The topological polar surface area (TPSA) is 27.1 Å². The Labute approximate surface area is 133 Å². The number of aryl methyl sites for hydroxylation is 1. The van der Waals surface area contributed by atoms with E-state index in [0.717, 1.165) is 16.9 Å². The van der Waals surface area contributed by atoms with Crippen LogP contribution in [0.1, 0.15) is 19.7 Å². The van der Waals surface area contributed by atoms with Crippen LogP contribution in [-0.4, -0.2) is 28.1 Å². The predicted molar refractivity (Wildman–Crippen MR) is 85.3 cm³/mol. The first-order valence-electron chi connectivity index (χ1n) is 6.58. The third kappa shape index (κ3) is 3.40. The molecule has 1 aromatic carbocycles. The Balaban J connectivity index is 2.47. The van der Waals surface area contributed by atoms with Crippen molar-refractivity contribution in [3.05, 3.63) is 28.0 Å². The lowest BCUT2D eigenvalue weighted by Crippen LogP contribution is -2.18. The summed E-state index contributed by atoms with van der Waals surface area (Å²) >= 11 is 18.0. The molecular weight excluding hydrogens is 319 g/mol. The molecule has 110 valence electrons. The van der Waals surface area contributed by atoms with E-state index in [1.807, 2.05) is 19.9 Å². The minimum Gasteiger partial charge on any atom is -0.377 e. The van der Waals surface area contributed by atoms with Crippen LogP contribution in [0.5, 0.6) is 0 Å². The van der Waals surface area contributed by atoms with E-state index in [-0.39, 0.29) is 6.10 Å². The summed E-state index contributed by atoms with van der Waals surface area (Å²) in [6.07, 6.45) is 0.797. The third-order valence-corrected chi connectivity index (χ3v) is 3.99. The monoisotopic (exact) mass is 334 g/mol. The Kier molecular flexibility index (Phi) is 5.56. The van der Waals surface area contributed by atoms with E-state index in [1.165, 1.54) is 0 Å². The summed E-state index contributed by atoms with van der Waals surface area (Å²) in [5.74, 6) is 1.45. The van der Waals surface area contributed by atoms with Gasteiger partial charge in [-0.2, -0.15) is 0 Å². The van der Waals surface area contributed by atoms with E-state index in [2.05, 4.69) is 9.55 Å². The lowest BCUT2D eigenvalue weighted by Gasteiger charge is -2.15. The lowest BCUT2D eigenvalue weighted by molar-refractivity contribution is 0.0643. The van der Waals surface area contributed by atoms with Crippen LogP contribution in [0.2, 0.25) is 10.0 Å². The highest BCUT2D eigenvalue weighted by Crippen LogP contribution is 2.28. The summed E-state index contributed by atoms with van der Waals surface area (Å²) in [4.78, 5) is 4.60. The second kappa shape index (κ2) is 6.99. The Morgan fingerprint density at radius 1 is 1.30 bits per heavy atom. The van der Waals surface area contributed by atoms with Crippen LogP contribution < -0.4 is 0 Å². The van der Waals surface area contributed by atoms with Crippen LogP contribution in [0.15, 0.2) is 12.1 Å². The SMILES string of the molecule is CCOC(C)Cn1c(CCCl)nc2cc(Cl)c(Cl)cc21. The number of ether oxygens (including phenoxy) is 1. The minimum absolute atomic E-state index is 0.0981. The van der Waals surface area contributed by atoms with Gasteiger partial charge in [0.05, 0.1) is 33.7 Å². The molecule has 0 amide bonds. The molecule has 0 saturated carbocycles. The Hall–Kier alpha value is -0.480. The first-order chi connectivity index (χ1) is 9.56. The van der Waals surface area contributed by atoms with Gasteiger partial charge in [0.2, 0.25) is 0 Å². The number of fused-ring (bicyclic) bond motifs is 1. The van der Waals surface area contributed by atoms with E-state index in [9.17, 15) is 0 Å². The quantitative estimate of drug-likeness (QED) is 0.724. The summed E-state index contributed by atoms with van der Waals surface area (Å²) in [5.41, 5.74) is 1.80. The zero-order valence-electron chi connectivity index (χ0n) is 11.5. The summed E-state index contributed by atoms with van der Waals surface area (Å²) in [6.45, 7) is 5.43. The number of halogens is 3. The van der Waals surface area contributed by atoms with Gasteiger partial charge < -0.3 is 9.30 Å². The van der Waals surface area contributed by atoms with E-state index in [1.54, 1.807) is 6.07 Å². The van der Waals surface area contributed by atoms with Gasteiger partial charge in [0, 0.05) is 18.9 Å².